The van der Waals surface area contributed by atoms with E-state index in [1.54, 1.807) is 29.3 Å². The molecule has 0 N–H and O–H groups in total. The molecule has 0 spiro atoms. The molecule has 0 unspecified atom stereocenters. The Morgan fingerprint density at radius 1 is 0.913 bits per heavy atom. The molecule has 0 bridgehead atoms. The van der Waals surface area contributed by atoms with Gasteiger partial charge in [0.25, 0.3) is 5.91 Å². The minimum Gasteiger partial charge on any atom is -0.334 e. The Hall–Kier alpha value is -2.49. The van der Waals surface area contributed by atoms with Gasteiger partial charge in [0.05, 0.1) is 5.56 Å². The number of pyridine rings is 1. The minimum absolute atomic E-state index is 0.0439. The molecule has 0 fully saturated rings. The highest BCUT2D eigenvalue weighted by Crippen LogP contribution is 2.18. The van der Waals surface area contributed by atoms with E-state index in [4.69, 9.17) is 0 Å². The van der Waals surface area contributed by atoms with Crippen molar-refractivity contribution in [3.63, 3.8) is 0 Å². The SMILES string of the molecule is CC(C)N(C(=O)c1cnccc1C(=O)c1ccccc1)C(C)C. The Labute approximate surface area is 137 Å². The number of ketones is 1. The number of carbonyl (C=O) groups is 2. The first-order chi connectivity index (χ1) is 10.9. The number of rotatable bonds is 5. The fourth-order valence-electron chi connectivity index (χ4n) is 2.71. The zero-order valence-corrected chi connectivity index (χ0v) is 14.0. The lowest BCUT2D eigenvalue weighted by Crippen LogP contribution is -2.42. The van der Waals surface area contributed by atoms with Crippen LogP contribution in [0.3, 0.4) is 0 Å². The highest BCUT2D eigenvalue weighted by Gasteiger charge is 2.26. The van der Waals surface area contributed by atoms with Crippen LogP contribution in [0.25, 0.3) is 0 Å². The van der Waals surface area contributed by atoms with Crippen molar-refractivity contribution in [2.24, 2.45) is 0 Å². The van der Waals surface area contributed by atoms with Crippen LogP contribution in [0.5, 0.6) is 0 Å². The van der Waals surface area contributed by atoms with Crippen molar-refractivity contribution in [3.8, 4) is 0 Å². The molecule has 2 aromatic rings. The normalized spacial score (nSPS) is 10.9. The third-order valence-electron chi connectivity index (χ3n) is 3.68. The second kappa shape index (κ2) is 7.18. The van der Waals surface area contributed by atoms with Crippen molar-refractivity contribution in [2.45, 2.75) is 39.8 Å². The number of nitrogens with zero attached hydrogens (tertiary/aromatic N) is 2. The number of hydrogen-bond donors (Lipinski definition) is 0. The van der Waals surface area contributed by atoms with E-state index in [9.17, 15) is 9.59 Å². The molecule has 120 valence electrons. The Bertz CT molecular complexity index is 686. The first-order valence-corrected chi connectivity index (χ1v) is 7.80. The van der Waals surface area contributed by atoms with Gasteiger partial charge < -0.3 is 4.90 Å². The quantitative estimate of drug-likeness (QED) is 0.793. The van der Waals surface area contributed by atoms with Crippen molar-refractivity contribution in [3.05, 3.63) is 65.5 Å². The van der Waals surface area contributed by atoms with Gasteiger partial charge in [-0.25, -0.2) is 0 Å². The molecule has 1 heterocycles. The molecule has 4 nitrogen and oxygen atoms in total. The van der Waals surface area contributed by atoms with Gasteiger partial charge in [-0.2, -0.15) is 0 Å². The van der Waals surface area contributed by atoms with Gasteiger partial charge in [-0.05, 0) is 33.8 Å². The molecular formula is C19H22N2O2. The van der Waals surface area contributed by atoms with Crippen LogP contribution in [0.4, 0.5) is 0 Å². The zero-order chi connectivity index (χ0) is 17.0. The average molecular weight is 310 g/mol. The standard InChI is InChI=1S/C19H22N2O2/c1-13(2)21(14(3)4)19(23)17-12-20-11-10-16(17)18(22)15-8-6-5-7-9-15/h5-14H,1-4H3. The molecule has 2 rings (SSSR count). The predicted octanol–water partition coefficient (Wildman–Crippen LogP) is 3.57. The van der Waals surface area contributed by atoms with Crippen LogP contribution < -0.4 is 0 Å². The third kappa shape index (κ3) is 3.65. The summed E-state index contributed by atoms with van der Waals surface area (Å²) in [6.07, 6.45) is 3.03. The summed E-state index contributed by atoms with van der Waals surface area (Å²) in [6, 6.07) is 10.7. The van der Waals surface area contributed by atoms with E-state index < -0.39 is 0 Å². The molecule has 1 amide bonds. The van der Waals surface area contributed by atoms with Gasteiger partial charge in [-0.1, -0.05) is 30.3 Å². The van der Waals surface area contributed by atoms with Crippen molar-refractivity contribution >= 4 is 11.7 Å². The fraction of sp³-hybridized carbons (Fsp3) is 0.316. The van der Waals surface area contributed by atoms with E-state index in [-0.39, 0.29) is 23.8 Å². The molecule has 0 radical (unpaired) electrons. The Morgan fingerprint density at radius 2 is 1.52 bits per heavy atom. The van der Waals surface area contributed by atoms with Gasteiger partial charge in [0, 0.05) is 35.6 Å². The molecular weight excluding hydrogens is 288 g/mol. The van der Waals surface area contributed by atoms with Crippen LogP contribution in [0.1, 0.15) is 54.0 Å². The summed E-state index contributed by atoms with van der Waals surface area (Å²) in [4.78, 5) is 31.5. The highest BCUT2D eigenvalue weighted by atomic mass is 16.2. The van der Waals surface area contributed by atoms with Gasteiger partial charge in [0.1, 0.15) is 0 Å². The van der Waals surface area contributed by atoms with Crippen LogP contribution in [-0.4, -0.2) is 33.7 Å². The lowest BCUT2D eigenvalue weighted by Gasteiger charge is -2.31. The van der Waals surface area contributed by atoms with E-state index in [0.29, 0.717) is 16.7 Å². The number of aromatic nitrogens is 1. The minimum atomic E-state index is -0.164. The summed E-state index contributed by atoms with van der Waals surface area (Å²) in [5.41, 5.74) is 1.31. The first-order valence-electron chi connectivity index (χ1n) is 7.80. The molecule has 4 heteroatoms. The Morgan fingerprint density at radius 3 is 2.09 bits per heavy atom. The number of hydrogen-bond acceptors (Lipinski definition) is 3. The molecule has 1 aromatic carbocycles. The van der Waals surface area contributed by atoms with Gasteiger partial charge in [0.15, 0.2) is 5.78 Å². The molecule has 23 heavy (non-hydrogen) atoms. The van der Waals surface area contributed by atoms with Gasteiger partial charge >= 0.3 is 0 Å². The molecule has 0 saturated carbocycles. The summed E-state index contributed by atoms with van der Waals surface area (Å²) >= 11 is 0. The predicted molar refractivity (Wildman–Crippen MR) is 90.6 cm³/mol. The van der Waals surface area contributed by atoms with E-state index in [1.165, 1.54) is 6.20 Å². The monoisotopic (exact) mass is 310 g/mol. The number of benzene rings is 1. The third-order valence-corrected chi connectivity index (χ3v) is 3.68. The molecule has 0 aliphatic heterocycles. The summed E-state index contributed by atoms with van der Waals surface area (Å²) < 4.78 is 0. The Balaban J connectivity index is 2.45. The second-order valence-electron chi connectivity index (χ2n) is 6.02. The number of carbonyl (C=O) groups excluding carboxylic acids is 2. The maximum absolute atomic E-state index is 12.9. The number of amides is 1. The van der Waals surface area contributed by atoms with E-state index in [0.717, 1.165) is 0 Å². The van der Waals surface area contributed by atoms with Gasteiger partial charge in [-0.3, -0.25) is 14.6 Å². The molecule has 0 aliphatic carbocycles. The summed E-state index contributed by atoms with van der Waals surface area (Å²) in [7, 11) is 0. The lowest BCUT2D eigenvalue weighted by atomic mass is 9.99. The van der Waals surface area contributed by atoms with Crippen LogP contribution in [0, 0.1) is 0 Å². The van der Waals surface area contributed by atoms with Crippen molar-refractivity contribution in [2.75, 3.05) is 0 Å². The molecule has 0 saturated heterocycles. The van der Waals surface area contributed by atoms with E-state index >= 15 is 0 Å². The summed E-state index contributed by atoms with van der Waals surface area (Å²) in [6.45, 7) is 7.86. The molecule has 0 aliphatic rings. The maximum atomic E-state index is 12.9. The molecule has 0 atom stereocenters. The summed E-state index contributed by atoms with van der Waals surface area (Å²) in [5.74, 6) is -0.328. The largest absolute Gasteiger partial charge is 0.334 e. The smallest absolute Gasteiger partial charge is 0.256 e. The molecule has 1 aromatic heterocycles. The second-order valence-corrected chi connectivity index (χ2v) is 6.02. The lowest BCUT2D eigenvalue weighted by molar-refractivity contribution is 0.0640. The average Bonchev–Trinajstić information content (AvgIpc) is 2.54. The van der Waals surface area contributed by atoms with Crippen molar-refractivity contribution in [1.29, 1.82) is 0 Å². The van der Waals surface area contributed by atoms with E-state index in [1.807, 2.05) is 45.9 Å². The highest BCUT2D eigenvalue weighted by molar-refractivity contribution is 6.15. The summed E-state index contributed by atoms with van der Waals surface area (Å²) in [5, 5.41) is 0. The van der Waals surface area contributed by atoms with Gasteiger partial charge in [-0.15, -0.1) is 0 Å². The van der Waals surface area contributed by atoms with Crippen molar-refractivity contribution in [1.82, 2.24) is 9.88 Å². The van der Waals surface area contributed by atoms with Crippen molar-refractivity contribution < 1.29 is 9.59 Å². The van der Waals surface area contributed by atoms with Crippen LogP contribution in [-0.2, 0) is 0 Å². The van der Waals surface area contributed by atoms with Crippen LogP contribution in [0.2, 0.25) is 0 Å². The van der Waals surface area contributed by atoms with Crippen LogP contribution >= 0.6 is 0 Å². The van der Waals surface area contributed by atoms with Crippen LogP contribution in [0.15, 0.2) is 48.8 Å². The fourth-order valence-corrected chi connectivity index (χ4v) is 2.71. The maximum Gasteiger partial charge on any atom is 0.256 e. The van der Waals surface area contributed by atoms with E-state index in [2.05, 4.69) is 4.98 Å². The topological polar surface area (TPSA) is 50.3 Å². The first kappa shape index (κ1) is 16.9. The Kier molecular flexibility index (Phi) is 5.27. The van der Waals surface area contributed by atoms with Gasteiger partial charge in [0.2, 0.25) is 0 Å². The zero-order valence-electron chi connectivity index (χ0n) is 14.0.